The molecule has 2 heterocycles. The highest BCUT2D eigenvalue weighted by atomic mass is 28.4. The summed E-state index contributed by atoms with van der Waals surface area (Å²) in [6.45, 7) is 12.3. The maximum absolute atomic E-state index is 12.4. The lowest BCUT2D eigenvalue weighted by molar-refractivity contribution is -0.406. The summed E-state index contributed by atoms with van der Waals surface area (Å²) >= 11 is 0. The summed E-state index contributed by atoms with van der Waals surface area (Å²) in [4.78, 5) is 0. The van der Waals surface area contributed by atoms with E-state index in [1.165, 1.54) is 0 Å². The molecule has 0 aromatic carbocycles. The van der Waals surface area contributed by atoms with Crippen LogP contribution >= 0.6 is 0 Å². The highest BCUT2D eigenvalue weighted by Crippen LogP contribution is 2.40. The van der Waals surface area contributed by atoms with Gasteiger partial charge in [-0.3, -0.25) is 0 Å². The van der Waals surface area contributed by atoms with E-state index in [1.54, 1.807) is 6.21 Å². The van der Waals surface area contributed by atoms with Crippen LogP contribution in [0.25, 0.3) is 0 Å². The van der Waals surface area contributed by atoms with Gasteiger partial charge in [0.05, 0.1) is 5.92 Å². The molecule has 0 spiro atoms. The van der Waals surface area contributed by atoms with Crippen LogP contribution in [0, 0.1) is 11.1 Å². The molecule has 0 saturated heterocycles. The first kappa shape index (κ1) is 16.5. The van der Waals surface area contributed by atoms with Crippen molar-refractivity contribution < 1.29 is 9.16 Å². The number of aromatic nitrogens is 1. The standard InChI is InChI=1S/C18H28N2O2Si/c1-18(2,3)23(4,5)22-16-8-9-17-14(11-16)12-19-10-6-7-15(19)13-20(17)21/h6-7,9-10,13-14,16H,8,11-12H2,1-5H3/t14-,16+/m0/s1. The number of rotatable bonds is 2. The molecular weight excluding hydrogens is 304 g/mol. The zero-order chi connectivity index (χ0) is 16.8. The predicted molar refractivity (Wildman–Crippen MR) is 96.1 cm³/mol. The third-order valence-corrected chi connectivity index (χ3v) is 10.1. The summed E-state index contributed by atoms with van der Waals surface area (Å²) < 4.78 is 9.83. The number of nitrogens with zero attached hydrogens (tertiary/aromatic N) is 2. The predicted octanol–water partition coefficient (Wildman–Crippen LogP) is 4.12. The Kier molecular flexibility index (Phi) is 4.05. The van der Waals surface area contributed by atoms with Gasteiger partial charge in [0, 0.05) is 18.8 Å². The first-order valence-electron chi connectivity index (χ1n) is 8.51. The number of fused-ring (bicyclic) bond motifs is 2. The minimum atomic E-state index is -1.77. The molecule has 0 N–H and O–H groups in total. The smallest absolute Gasteiger partial charge is 0.204 e. The Hall–Kier alpha value is -1.33. The van der Waals surface area contributed by atoms with Crippen LogP contribution < -0.4 is 0 Å². The first-order valence-corrected chi connectivity index (χ1v) is 11.4. The molecule has 0 radical (unpaired) electrons. The summed E-state index contributed by atoms with van der Waals surface area (Å²) in [6.07, 6.45) is 7.86. The molecular formula is C18H28N2O2Si. The lowest BCUT2D eigenvalue weighted by Gasteiger charge is -2.40. The lowest BCUT2D eigenvalue weighted by atomic mass is 9.90. The summed E-state index contributed by atoms with van der Waals surface area (Å²) in [5, 5.41) is 12.6. The second kappa shape index (κ2) is 5.63. The Labute approximate surface area is 140 Å². The largest absolute Gasteiger partial charge is 0.618 e. The summed E-state index contributed by atoms with van der Waals surface area (Å²) in [5.41, 5.74) is 1.89. The van der Waals surface area contributed by atoms with Crippen molar-refractivity contribution in [3.63, 3.8) is 0 Å². The monoisotopic (exact) mass is 332 g/mol. The summed E-state index contributed by atoms with van der Waals surface area (Å²) in [6, 6.07) is 3.99. The third kappa shape index (κ3) is 3.17. The molecule has 4 nitrogen and oxygen atoms in total. The molecule has 1 aliphatic carbocycles. The van der Waals surface area contributed by atoms with Gasteiger partial charge < -0.3 is 14.2 Å². The van der Waals surface area contributed by atoms with Gasteiger partial charge in [0.1, 0.15) is 5.69 Å². The van der Waals surface area contributed by atoms with E-state index in [1.807, 2.05) is 12.1 Å². The highest BCUT2D eigenvalue weighted by molar-refractivity contribution is 6.74. The van der Waals surface area contributed by atoms with Crippen LogP contribution in [-0.2, 0) is 11.0 Å². The van der Waals surface area contributed by atoms with Gasteiger partial charge in [0.2, 0.25) is 6.21 Å². The van der Waals surface area contributed by atoms with Crippen LogP contribution in [0.1, 0.15) is 39.3 Å². The fourth-order valence-electron chi connectivity index (χ4n) is 3.22. The molecule has 1 aliphatic heterocycles. The lowest BCUT2D eigenvalue weighted by Crippen LogP contribution is -2.45. The number of allylic oxidation sites excluding steroid dienone is 1. The molecule has 3 rings (SSSR count). The summed E-state index contributed by atoms with van der Waals surface area (Å²) in [7, 11) is -1.77. The van der Waals surface area contributed by atoms with Crippen molar-refractivity contribution in [1.82, 2.24) is 4.57 Å². The number of hydrogen-bond acceptors (Lipinski definition) is 2. The normalized spacial score (nSPS) is 25.1. The van der Waals surface area contributed by atoms with Crippen LogP contribution in [0.15, 0.2) is 30.1 Å². The molecule has 5 heteroatoms. The average molecular weight is 333 g/mol. The molecule has 0 fully saturated rings. The summed E-state index contributed by atoms with van der Waals surface area (Å²) in [5.74, 6) is 0.237. The fraction of sp³-hybridized carbons (Fsp3) is 0.611. The molecule has 126 valence electrons. The van der Waals surface area contributed by atoms with Crippen molar-refractivity contribution in [3.05, 3.63) is 41.0 Å². The van der Waals surface area contributed by atoms with Crippen LogP contribution in [0.5, 0.6) is 0 Å². The Balaban J connectivity index is 1.80. The first-order chi connectivity index (χ1) is 10.7. The SMILES string of the molecule is CC(C)(C)[Si](C)(C)O[C@@H]1CC=C2[C@@H](C1)Cn1cccc1C=[N+]2[O-]. The fourth-order valence-corrected chi connectivity index (χ4v) is 4.60. The third-order valence-electron chi connectivity index (χ3n) is 5.61. The van der Waals surface area contributed by atoms with Gasteiger partial charge in [0.25, 0.3) is 0 Å². The Morgan fingerprint density at radius 2 is 2.09 bits per heavy atom. The number of hydroxylamine groups is 1. The topological polar surface area (TPSA) is 40.2 Å². The minimum Gasteiger partial charge on any atom is -0.618 e. The van der Waals surface area contributed by atoms with E-state index in [0.29, 0.717) is 0 Å². The van der Waals surface area contributed by atoms with Crippen molar-refractivity contribution in [3.8, 4) is 0 Å². The molecule has 0 unspecified atom stereocenters. The van der Waals surface area contributed by atoms with E-state index in [2.05, 4.69) is 50.7 Å². The minimum absolute atomic E-state index is 0.215. The Bertz CT molecular complexity index is 652. The van der Waals surface area contributed by atoms with Gasteiger partial charge in [-0.05, 0) is 49.2 Å². The van der Waals surface area contributed by atoms with Crippen LogP contribution in [0.3, 0.4) is 0 Å². The molecule has 2 aliphatic rings. The van der Waals surface area contributed by atoms with Gasteiger partial charge in [0.15, 0.2) is 14.0 Å². The van der Waals surface area contributed by atoms with E-state index in [-0.39, 0.29) is 17.1 Å². The molecule has 1 aromatic rings. The molecule has 0 amide bonds. The maximum Gasteiger partial charge on any atom is 0.204 e. The van der Waals surface area contributed by atoms with E-state index in [4.69, 9.17) is 4.43 Å². The van der Waals surface area contributed by atoms with Crippen molar-refractivity contribution >= 4 is 14.5 Å². The highest BCUT2D eigenvalue weighted by Gasteiger charge is 2.41. The van der Waals surface area contributed by atoms with Gasteiger partial charge in [-0.15, -0.1) is 0 Å². The maximum atomic E-state index is 12.4. The molecule has 23 heavy (non-hydrogen) atoms. The van der Waals surface area contributed by atoms with E-state index in [0.717, 1.165) is 35.5 Å². The van der Waals surface area contributed by atoms with E-state index in [9.17, 15) is 5.21 Å². The van der Waals surface area contributed by atoms with Crippen molar-refractivity contribution in [2.24, 2.45) is 5.92 Å². The molecule has 2 atom stereocenters. The van der Waals surface area contributed by atoms with E-state index >= 15 is 0 Å². The van der Waals surface area contributed by atoms with Gasteiger partial charge in [-0.2, -0.15) is 4.74 Å². The van der Waals surface area contributed by atoms with Gasteiger partial charge in [-0.1, -0.05) is 20.8 Å². The zero-order valence-corrected chi connectivity index (χ0v) is 15.9. The van der Waals surface area contributed by atoms with Crippen molar-refractivity contribution in [2.75, 3.05) is 0 Å². The molecule has 0 saturated carbocycles. The van der Waals surface area contributed by atoms with Crippen LogP contribution in [0.2, 0.25) is 18.1 Å². The average Bonchev–Trinajstić information content (AvgIpc) is 2.79. The number of hydrogen-bond donors (Lipinski definition) is 0. The van der Waals surface area contributed by atoms with Crippen molar-refractivity contribution in [2.45, 2.75) is 64.4 Å². The Morgan fingerprint density at radius 1 is 1.35 bits per heavy atom. The van der Waals surface area contributed by atoms with Gasteiger partial charge in [-0.25, -0.2) is 0 Å². The van der Waals surface area contributed by atoms with Crippen LogP contribution in [-0.4, -0.2) is 29.9 Å². The molecule has 1 aromatic heterocycles. The second-order valence-corrected chi connectivity index (χ2v) is 13.1. The van der Waals surface area contributed by atoms with Crippen molar-refractivity contribution in [1.29, 1.82) is 0 Å². The van der Waals surface area contributed by atoms with E-state index < -0.39 is 8.32 Å². The van der Waals surface area contributed by atoms with Crippen LogP contribution in [0.4, 0.5) is 0 Å². The Morgan fingerprint density at radius 3 is 2.78 bits per heavy atom. The zero-order valence-electron chi connectivity index (χ0n) is 14.9. The quantitative estimate of drug-likeness (QED) is 0.464. The molecule has 0 bridgehead atoms. The van der Waals surface area contributed by atoms with Gasteiger partial charge >= 0.3 is 0 Å². The second-order valence-electron chi connectivity index (χ2n) is 8.34.